The molecule has 0 aromatic heterocycles. The first-order chi connectivity index (χ1) is 6.67. The SMILES string of the molecule is CC(C)(C)CC1CCCC1CC(C)(C)C. The lowest BCUT2D eigenvalue weighted by Crippen LogP contribution is -2.21. The van der Waals surface area contributed by atoms with Gasteiger partial charge in [-0.1, -0.05) is 60.8 Å². The van der Waals surface area contributed by atoms with Gasteiger partial charge in [0.2, 0.25) is 0 Å². The average molecular weight is 210 g/mol. The third kappa shape index (κ3) is 5.04. The molecule has 0 bridgehead atoms. The van der Waals surface area contributed by atoms with Crippen molar-refractivity contribution in [1.82, 2.24) is 0 Å². The predicted molar refractivity (Wildman–Crippen MR) is 69.0 cm³/mol. The maximum Gasteiger partial charge on any atom is -0.0380 e. The topological polar surface area (TPSA) is 0 Å². The van der Waals surface area contributed by atoms with E-state index < -0.39 is 0 Å². The highest BCUT2D eigenvalue weighted by molar-refractivity contribution is 4.83. The quantitative estimate of drug-likeness (QED) is 0.582. The second-order valence-corrected chi connectivity index (χ2v) is 7.98. The minimum absolute atomic E-state index is 0.519. The van der Waals surface area contributed by atoms with E-state index in [9.17, 15) is 0 Å². The molecule has 0 saturated heterocycles. The zero-order valence-corrected chi connectivity index (χ0v) is 11.7. The van der Waals surface area contributed by atoms with Crippen LogP contribution in [0.15, 0.2) is 0 Å². The van der Waals surface area contributed by atoms with Gasteiger partial charge in [-0.2, -0.15) is 0 Å². The molecule has 2 atom stereocenters. The summed E-state index contributed by atoms with van der Waals surface area (Å²) in [6.45, 7) is 14.3. The molecule has 0 heterocycles. The standard InChI is InChI=1S/C15H30/c1-14(2,3)10-12-8-7-9-13(12)11-15(4,5)6/h12-13H,7-11H2,1-6H3. The molecule has 0 spiro atoms. The Morgan fingerprint density at radius 2 is 1.07 bits per heavy atom. The molecule has 1 aliphatic rings. The van der Waals surface area contributed by atoms with Crippen molar-refractivity contribution in [3.8, 4) is 0 Å². The Bertz CT molecular complexity index is 167. The Kier molecular flexibility index (Phi) is 3.90. The van der Waals surface area contributed by atoms with Crippen LogP contribution in [-0.2, 0) is 0 Å². The van der Waals surface area contributed by atoms with Crippen LogP contribution in [-0.4, -0.2) is 0 Å². The maximum absolute atomic E-state index is 2.39. The van der Waals surface area contributed by atoms with E-state index in [0.717, 1.165) is 11.8 Å². The fourth-order valence-corrected chi connectivity index (χ4v) is 3.22. The number of rotatable bonds is 2. The van der Waals surface area contributed by atoms with Gasteiger partial charge in [-0.25, -0.2) is 0 Å². The average Bonchev–Trinajstić information content (AvgIpc) is 2.29. The minimum atomic E-state index is 0.519. The van der Waals surface area contributed by atoms with Crippen molar-refractivity contribution in [2.75, 3.05) is 0 Å². The van der Waals surface area contributed by atoms with E-state index in [4.69, 9.17) is 0 Å². The summed E-state index contributed by atoms with van der Waals surface area (Å²) in [7, 11) is 0. The van der Waals surface area contributed by atoms with Gasteiger partial charge in [-0.3, -0.25) is 0 Å². The maximum atomic E-state index is 2.39. The van der Waals surface area contributed by atoms with Crippen molar-refractivity contribution in [3.05, 3.63) is 0 Å². The molecule has 0 aromatic rings. The Morgan fingerprint density at radius 1 is 0.733 bits per heavy atom. The molecule has 2 unspecified atom stereocenters. The first-order valence-electron chi connectivity index (χ1n) is 6.67. The van der Waals surface area contributed by atoms with E-state index in [1.54, 1.807) is 0 Å². The molecule has 0 N–H and O–H groups in total. The highest BCUT2D eigenvalue weighted by Gasteiger charge is 2.32. The van der Waals surface area contributed by atoms with Crippen LogP contribution >= 0.6 is 0 Å². The largest absolute Gasteiger partial charge is 0.0602 e. The van der Waals surface area contributed by atoms with Crippen molar-refractivity contribution in [1.29, 1.82) is 0 Å². The van der Waals surface area contributed by atoms with Crippen molar-refractivity contribution in [2.45, 2.75) is 73.6 Å². The van der Waals surface area contributed by atoms with Gasteiger partial charge in [-0.05, 0) is 35.5 Å². The zero-order valence-electron chi connectivity index (χ0n) is 11.7. The van der Waals surface area contributed by atoms with E-state index in [1.807, 2.05) is 0 Å². The molecule has 0 heteroatoms. The van der Waals surface area contributed by atoms with E-state index in [1.165, 1.54) is 32.1 Å². The fourth-order valence-electron chi connectivity index (χ4n) is 3.22. The van der Waals surface area contributed by atoms with Crippen LogP contribution < -0.4 is 0 Å². The lowest BCUT2D eigenvalue weighted by atomic mass is 9.74. The Labute approximate surface area is 96.8 Å². The molecular formula is C15H30. The van der Waals surface area contributed by atoms with Gasteiger partial charge < -0.3 is 0 Å². The minimum Gasteiger partial charge on any atom is -0.0602 e. The van der Waals surface area contributed by atoms with E-state index in [0.29, 0.717) is 10.8 Å². The highest BCUT2D eigenvalue weighted by Crippen LogP contribution is 2.44. The van der Waals surface area contributed by atoms with E-state index >= 15 is 0 Å². The van der Waals surface area contributed by atoms with Gasteiger partial charge in [0, 0.05) is 0 Å². The molecule has 0 aromatic carbocycles. The Morgan fingerprint density at radius 3 is 1.33 bits per heavy atom. The smallest absolute Gasteiger partial charge is 0.0380 e. The lowest BCUT2D eigenvalue weighted by molar-refractivity contribution is 0.196. The molecule has 0 aliphatic heterocycles. The van der Waals surface area contributed by atoms with Gasteiger partial charge in [-0.15, -0.1) is 0 Å². The van der Waals surface area contributed by atoms with Crippen LogP contribution in [0.4, 0.5) is 0 Å². The van der Waals surface area contributed by atoms with E-state index in [2.05, 4.69) is 41.5 Å². The summed E-state index contributed by atoms with van der Waals surface area (Å²) in [5.74, 6) is 2.01. The van der Waals surface area contributed by atoms with Crippen LogP contribution in [0.25, 0.3) is 0 Å². The van der Waals surface area contributed by atoms with Crippen molar-refractivity contribution >= 4 is 0 Å². The summed E-state index contributed by atoms with van der Waals surface area (Å²) in [6, 6.07) is 0. The van der Waals surface area contributed by atoms with Gasteiger partial charge in [0.1, 0.15) is 0 Å². The summed E-state index contributed by atoms with van der Waals surface area (Å²) >= 11 is 0. The first-order valence-corrected chi connectivity index (χ1v) is 6.67. The van der Waals surface area contributed by atoms with Crippen LogP contribution in [0.3, 0.4) is 0 Å². The third-order valence-electron chi connectivity index (χ3n) is 3.57. The molecule has 1 saturated carbocycles. The van der Waals surface area contributed by atoms with Gasteiger partial charge in [0.05, 0.1) is 0 Å². The van der Waals surface area contributed by atoms with Crippen molar-refractivity contribution in [2.24, 2.45) is 22.7 Å². The van der Waals surface area contributed by atoms with Gasteiger partial charge >= 0.3 is 0 Å². The molecule has 1 aliphatic carbocycles. The zero-order chi connectivity index (χ0) is 11.7. The van der Waals surface area contributed by atoms with Crippen LogP contribution in [0.5, 0.6) is 0 Å². The van der Waals surface area contributed by atoms with Crippen molar-refractivity contribution in [3.63, 3.8) is 0 Å². The molecule has 15 heavy (non-hydrogen) atoms. The van der Waals surface area contributed by atoms with Crippen LogP contribution in [0, 0.1) is 22.7 Å². The molecule has 1 fully saturated rings. The fraction of sp³-hybridized carbons (Fsp3) is 1.00. The molecular weight excluding hydrogens is 180 g/mol. The second-order valence-electron chi connectivity index (χ2n) is 7.98. The summed E-state index contributed by atoms with van der Waals surface area (Å²) in [5.41, 5.74) is 1.04. The van der Waals surface area contributed by atoms with Crippen LogP contribution in [0.1, 0.15) is 73.6 Å². The molecule has 1 rings (SSSR count). The molecule has 0 amide bonds. The van der Waals surface area contributed by atoms with E-state index in [-0.39, 0.29) is 0 Å². The van der Waals surface area contributed by atoms with Gasteiger partial charge in [0.25, 0.3) is 0 Å². The monoisotopic (exact) mass is 210 g/mol. The molecule has 0 radical (unpaired) electrons. The summed E-state index contributed by atoms with van der Waals surface area (Å²) in [5, 5.41) is 0. The first kappa shape index (κ1) is 13.1. The van der Waals surface area contributed by atoms with Crippen molar-refractivity contribution < 1.29 is 0 Å². The lowest BCUT2D eigenvalue weighted by Gasteiger charge is -2.31. The number of hydrogen-bond donors (Lipinski definition) is 0. The molecule has 0 nitrogen and oxygen atoms in total. The molecule has 90 valence electrons. The predicted octanol–water partition coefficient (Wildman–Crippen LogP) is 5.28. The van der Waals surface area contributed by atoms with Crippen LogP contribution in [0.2, 0.25) is 0 Å². The Balaban J connectivity index is 2.50. The summed E-state index contributed by atoms with van der Waals surface area (Å²) in [6.07, 6.45) is 7.29. The second kappa shape index (κ2) is 4.47. The summed E-state index contributed by atoms with van der Waals surface area (Å²) in [4.78, 5) is 0. The van der Waals surface area contributed by atoms with Gasteiger partial charge in [0.15, 0.2) is 0 Å². The number of hydrogen-bond acceptors (Lipinski definition) is 0. The Hall–Kier alpha value is 0. The highest BCUT2D eigenvalue weighted by atomic mass is 14.4. The third-order valence-corrected chi connectivity index (χ3v) is 3.57. The summed E-state index contributed by atoms with van der Waals surface area (Å²) < 4.78 is 0. The normalized spacial score (nSPS) is 28.4.